The van der Waals surface area contributed by atoms with Crippen LogP contribution in [0.2, 0.25) is 5.02 Å². The van der Waals surface area contributed by atoms with Crippen molar-refractivity contribution in [2.24, 2.45) is 0 Å². The zero-order valence-electron chi connectivity index (χ0n) is 13.1. The molecule has 23 heavy (non-hydrogen) atoms. The molecule has 0 bridgehead atoms. The number of nitrogens with one attached hydrogen (secondary N) is 2. The minimum atomic E-state index is -0.184. The van der Waals surface area contributed by atoms with Crippen LogP contribution in [0.5, 0.6) is 5.75 Å². The van der Waals surface area contributed by atoms with Crippen molar-refractivity contribution >= 4 is 17.6 Å². The van der Waals surface area contributed by atoms with Crippen LogP contribution in [0.1, 0.15) is 11.1 Å². The fourth-order valence-electron chi connectivity index (χ4n) is 2.07. The van der Waals surface area contributed by atoms with E-state index in [0.29, 0.717) is 24.7 Å². The fraction of sp³-hybridized carbons (Fsp3) is 0.278. The Morgan fingerprint density at radius 2 is 1.83 bits per heavy atom. The SMILES string of the molecule is Cc1cc(OCCNC(=O)NCCc2ccccc2)ccc1Cl. The van der Waals surface area contributed by atoms with Gasteiger partial charge in [0.05, 0.1) is 6.54 Å². The van der Waals surface area contributed by atoms with E-state index in [-0.39, 0.29) is 6.03 Å². The van der Waals surface area contributed by atoms with Crippen molar-refractivity contribution in [1.29, 1.82) is 0 Å². The van der Waals surface area contributed by atoms with Crippen molar-refractivity contribution in [3.05, 3.63) is 64.7 Å². The van der Waals surface area contributed by atoms with Crippen molar-refractivity contribution in [1.82, 2.24) is 10.6 Å². The molecule has 0 saturated heterocycles. The molecule has 0 atom stereocenters. The van der Waals surface area contributed by atoms with Crippen LogP contribution in [0.4, 0.5) is 4.79 Å². The van der Waals surface area contributed by atoms with E-state index in [9.17, 15) is 4.79 Å². The summed E-state index contributed by atoms with van der Waals surface area (Å²) < 4.78 is 5.56. The molecule has 0 aliphatic carbocycles. The number of carbonyl (C=O) groups excluding carboxylic acids is 1. The predicted octanol–water partition coefficient (Wildman–Crippen LogP) is 3.57. The molecule has 0 spiro atoms. The summed E-state index contributed by atoms with van der Waals surface area (Å²) in [4.78, 5) is 11.6. The zero-order chi connectivity index (χ0) is 16.5. The first-order valence-corrected chi connectivity index (χ1v) is 7.97. The van der Waals surface area contributed by atoms with Crippen molar-refractivity contribution in [3.63, 3.8) is 0 Å². The smallest absolute Gasteiger partial charge is 0.314 e. The van der Waals surface area contributed by atoms with Crippen LogP contribution < -0.4 is 15.4 Å². The van der Waals surface area contributed by atoms with E-state index in [1.807, 2.05) is 49.4 Å². The molecule has 4 nitrogen and oxygen atoms in total. The molecule has 2 aromatic carbocycles. The number of hydrogen-bond acceptors (Lipinski definition) is 2. The number of rotatable bonds is 7. The molecular formula is C18H21ClN2O2. The molecular weight excluding hydrogens is 312 g/mol. The van der Waals surface area contributed by atoms with Gasteiger partial charge in [-0.2, -0.15) is 0 Å². The Morgan fingerprint density at radius 1 is 1.09 bits per heavy atom. The number of aryl methyl sites for hydroxylation is 1. The summed E-state index contributed by atoms with van der Waals surface area (Å²) in [5.41, 5.74) is 2.17. The third-order valence-electron chi connectivity index (χ3n) is 3.33. The molecule has 0 aliphatic rings. The molecule has 0 radical (unpaired) electrons. The van der Waals surface area contributed by atoms with Gasteiger partial charge in [0.25, 0.3) is 0 Å². The average molecular weight is 333 g/mol. The van der Waals surface area contributed by atoms with Crippen LogP contribution in [0.3, 0.4) is 0 Å². The third-order valence-corrected chi connectivity index (χ3v) is 3.75. The van der Waals surface area contributed by atoms with E-state index in [1.165, 1.54) is 5.56 Å². The summed E-state index contributed by atoms with van der Waals surface area (Å²) in [5.74, 6) is 0.748. The first kappa shape index (κ1) is 17.2. The fourth-order valence-corrected chi connectivity index (χ4v) is 2.19. The van der Waals surface area contributed by atoms with E-state index in [4.69, 9.17) is 16.3 Å². The normalized spacial score (nSPS) is 10.2. The summed E-state index contributed by atoms with van der Waals surface area (Å²) in [6.45, 7) is 3.38. The molecule has 122 valence electrons. The van der Waals surface area contributed by atoms with Gasteiger partial charge in [-0.05, 0) is 42.7 Å². The monoisotopic (exact) mass is 332 g/mol. The molecule has 0 aliphatic heterocycles. The van der Waals surface area contributed by atoms with Crippen molar-refractivity contribution in [2.45, 2.75) is 13.3 Å². The number of halogens is 1. The minimum absolute atomic E-state index is 0.184. The van der Waals surface area contributed by atoms with Gasteiger partial charge in [-0.3, -0.25) is 0 Å². The van der Waals surface area contributed by atoms with Gasteiger partial charge in [-0.1, -0.05) is 41.9 Å². The highest BCUT2D eigenvalue weighted by Gasteiger charge is 2.01. The second-order valence-corrected chi connectivity index (χ2v) is 5.58. The van der Waals surface area contributed by atoms with Gasteiger partial charge in [0, 0.05) is 11.6 Å². The highest BCUT2D eigenvalue weighted by atomic mass is 35.5. The first-order chi connectivity index (χ1) is 11.1. The molecule has 2 amide bonds. The second-order valence-electron chi connectivity index (χ2n) is 5.18. The van der Waals surface area contributed by atoms with Gasteiger partial charge in [0.1, 0.15) is 12.4 Å². The van der Waals surface area contributed by atoms with Crippen molar-refractivity contribution in [2.75, 3.05) is 19.7 Å². The van der Waals surface area contributed by atoms with Crippen LogP contribution in [0.15, 0.2) is 48.5 Å². The lowest BCUT2D eigenvalue weighted by Crippen LogP contribution is -2.38. The van der Waals surface area contributed by atoms with E-state index in [2.05, 4.69) is 10.6 Å². The third kappa shape index (κ3) is 6.20. The van der Waals surface area contributed by atoms with Crippen LogP contribution >= 0.6 is 11.6 Å². The molecule has 2 rings (SSSR count). The lowest BCUT2D eigenvalue weighted by molar-refractivity contribution is 0.236. The lowest BCUT2D eigenvalue weighted by atomic mass is 10.1. The molecule has 0 heterocycles. The van der Waals surface area contributed by atoms with Gasteiger partial charge in [-0.25, -0.2) is 4.79 Å². The Morgan fingerprint density at radius 3 is 2.57 bits per heavy atom. The average Bonchev–Trinajstić information content (AvgIpc) is 2.56. The summed E-state index contributed by atoms with van der Waals surface area (Å²) in [6, 6.07) is 15.4. The topological polar surface area (TPSA) is 50.4 Å². The highest BCUT2D eigenvalue weighted by Crippen LogP contribution is 2.20. The number of benzene rings is 2. The van der Waals surface area contributed by atoms with Gasteiger partial charge < -0.3 is 15.4 Å². The van der Waals surface area contributed by atoms with Gasteiger partial charge in [0.2, 0.25) is 0 Å². The van der Waals surface area contributed by atoms with Crippen LogP contribution in [0, 0.1) is 6.92 Å². The number of hydrogen-bond donors (Lipinski definition) is 2. The van der Waals surface area contributed by atoms with E-state index in [1.54, 1.807) is 6.07 Å². The standard InChI is InChI=1S/C18H21ClN2O2/c1-14-13-16(7-8-17(14)19)23-12-11-21-18(22)20-10-9-15-5-3-2-4-6-15/h2-8,13H,9-12H2,1H3,(H2,20,21,22). The van der Waals surface area contributed by atoms with Crippen LogP contribution in [0.25, 0.3) is 0 Å². The summed E-state index contributed by atoms with van der Waals surface area (Å²) in [7, 11) is 0. The van der Waals surface area contributed by atoms with Gasteiger partial charge in [0.15, 0.2) is 0 Å². The van der Waals surface area contributed by atoms with E-state index < -0.39 is 0 Å². The Bertz CT molecular complexity index is 632. The summed E-state index contributed by atoms with van der Waals surface area (Å²) in [5, 5.41) is 6.30. The summed E-state index contributed by atoms with van der Waals surface area (Å²) in [6.07, 6.45) is 0.814. The maximum Gasteiger partial charge on any atom is 0.314 e. The van der Waals surface area contributed by atoms with Crippen molar-refractivity contribution in [3.8, 4) is 5.75 Å². The number of carbonyl (C=O) groups is 1. The van der Waals surface area contributed by atoms with E-state index in [0.717, 1.165) is 17.7 Å². The van der Waals surface area contributed by atoms with Crippen LogP contribution in [-0.2, 0) is 6.42 Å². The molecule has 0 unspecified atom stereocenters. The maximum atomic E-state index is 11.6. The Balaban J connectivity index is 1.58. The van der Waals surface area contributed by atoms with Crippen molar-refractivity contribution < 1.29 is 9.53 Å². The number of amides is 2. The Labute approximate surface area is 141 Å². The second kappa shape index (κ2) is 9.06. The summed E-state index contributed by atoms with van der Waals surface area (Å²) >= 11 is 5.96. The molecule has 2 N–H and O–H groups in total. The lowest BCUT2D eigenvalue weighted by Gasteiger charge is -2.10. The Hall–Kier alpha value is -2.20. The van der Waals surface area contributed by atoms with Gasteiger partial charge >= 0.3 is 6.03 Å². The number of urea groups is 1. The molecule has 2 aromatic rings. The van der Waals surface area contributed by atoms with Gasteiger partial charge in [-0.15, -0.1) is 0 Å². The minimum Gasteiger partial charge on any atom is -0.492 e. The molecule has 0 aromatic heterocycles. The zero-order valence-corrected chi connectivity index (χ0v) is 13.9. The molecule has 0 fully saturated rings. The highest BCUT2D eigenvalue weighted by molar-refractivity contribution is 6.31. The Kier molecular flexibility index (Phi) is 6.76. The maximum absolute atomic E-state index is 11.6. The number of ether oxygens (including phenoxy) is 1. The van der Waals surface area contributed by atoms with E-state index >= 15 is 0 Å². The molecule has 5 heteroatoms. The first-order valence-electron chi connectivity index (χ1n) is 7.60. The quantitative estimate of drug-likeness (QED) is 0.761. The largest absolute Gasteiger partial charge is 0.492 e. The molecule has 0 saturated carbocycles. The predicted molar refractivity (Wildman–Crippen MR) is 93.2 cm³/mol. The van der Waals surface area contributed by atoms with Crippen LogP contribution in [-0.4, -0.2) is 25.7 Å².